The number of anilines is 1. The molecule has 3 aromatic carbocycles. The Hall–Kier alpha value is -4.00. The molecular formula is C23H15F2NO4. The maximum atomic E-state index is 13.6. The van der Waals surface area contributed by atoms with Crippen LogP contribution in [-0.4, -0.2) is 12.5 Å². The SMILES string of the molecule is O=C(COc1ccc2c(-c3ccccc3)cc(=O)oc2c1)Nc1cc(F)ccc1F. The van der Waals surface area contributed by atoms with Gasteiger partial charge in [-0.25, -0.2) is 13.6 Å². The van der Waals surface area contributed by atoms with Gasteiger partial charge in [-0.2, -0.15) is 0 Å². The van der Waals surface area contributed by atoms with E-state index in [2.05, 4.69) is 5.32 Å². The molecular weight excluding hydrogens is 392 g/mol. The van der Waals surface area contributed by atoms with Gasteiger partial charge in [-0.15, -0.1) is 0 Å². The number of fused-ring (bicyclic) bond motifs is 1. The molecule has 150 valence electrons. The second-order valence-corrected chi connectivity index (χ2v) is 6.46. The summed E-state index contributed by atoms with van der Waals surface area (Å²) in [5.41, 5.74) is 1.09. The van der Waals surface area contributed by atoms with Crippen molar-refractivity contribution >= 4 is 22.6 Å². The average molecular weight is 407 g/mol. The van der Waals surface area contributed by atoms with Gasteiger partial charge in [-0.3, -0.25) is 4.79 Å². The molecule has 0 fully saturated rings. The van der Waals surface area contributed by atoms with E-state index in [0.29, 0.717) is 16.5 Å². The standard InChI is InChI=1S/C23H15F2NO4/c24-15-6-9-19(25)20(10-15)26-22(27)13-29-16-7-8-17-18(14-4-2-1-3-5-14)12-23(28)30-21(17)11-16/h1-12H,13H2,(H,26,27). The van der Waals surface area contributed by atoms with E-state index in [1.807, 2.05) is 30.3 Å². The predicted octanol–water partition coefficient (Wildman–Crippen LogP) is 4.76. The number of carbonyl (C=O) groups excluding carboxylic acids is 1. The fourth-order valence-corrected chi connectivity index (χ4v) is 3.02. The van der Waals surface area contributed by atoms with Gasteiger partial charge in [0.25, 0.3) is 5.91 Å². The third-order valence-electron chi connectivity index (χ3n) is 4.37. The molecule has 0 spiro atoms. The Kier molecular flexibility index (Phi) is 5.26. The maximum absolute atomic E-state index is 13.6. The summed E-state index contributed by atoms with van der Waals surface area (Å²) in [5, 5.41) is 2.95. The summed E-state index contributed by atoms with van der Waals surface area (Å²) in [6.07, 6.45) is 0. The fraction of sp³-hybridized carbons (Fsp3) is 0.0435. The molecule has 30 heavy (non-hydrogen) atoms. The molecule has 4 aromatic rings. The number of benzene rings is 3. The molecule has 0 saturated heterocycles. The van der Waals surface area contributed by atoms with E-state index in [9.17, 15) is 18.4 Å². The number of hydrogen-bond donors (Lipinski definition) is 1. The van der Waals surface area contributed by atoms with Crippen LogP contribution in [0.3, 0.4) is 0 Å². The Bertz CT molecular complexity index is 1290. The third kappa shape index (κ3) is 4.20. The van der Waals surface area contributed by atoms with Gasteiger partial charge in [0.2, 0.25) is 0 Å². The van der Waals surface area contributed by atoms with Crippen LogP contribution in [0, 0.1) is 11.6 Å². The van der Waals surface area contributed by atoms with Gasteiger partial charge in [0.05, 0.1) is 5.69 Å². The quantitative estimate of drug-likeness (QED) is 0.485. The van der Waals surface area contributed by atoms with Crippen LogP contribution in [0.2, 0.25) is 0 Å². The molecule has 7 heteroatoms. The highest BCUT2D eigenvalue weighted by Crippen LogP contribution is 2.29. The molecule has 1 heterocycles. The summed E-state index contributed by atoms with van der Waals surface area (Å²) < 4.78 is 37.5. The van der Waals surface area contributed by atoms with Crippen LogP contribution >= 0.6 is 0 Å². The first-order chi connectivity index (χ1) is 14.5. The minimum atomic E-state index is -0.759. The van der Waals surface area contributed by atoms with E-state index in [0.717, 1.165) is 23.8 Å². The number of halogens is 2. The Morgan fingerprint density at radius 1 is 0.967 bits per heavy atom. The highest BCUT2D eigenvalue weighted by atomic mass is 19.1. The Balaban J connectivity index is 1.53. The maximum Gasteiger partial charge on any atom is 0.336 e. The molecule has 0 atom stereocenters. The molecule has 1 amide bonds. The Morgan fingerprint density at radius 2 is 1.77 bits per heavy atom. The largest absolute Gasteiger partial charge is 0.484 e. The highest BCUT2D eigenvalue weighted by molar-refractivity contribution is 5.94. The van der Waals surface area contributed by atoms with Crippen molar-refractivity contribution < 1.29 is 22.7 Å². The van der Waals surface area contributed by atoms with Crippen molar-refractivity contribution in [3.8, 4) is 16.9 Å². The van der Waals surface area contributed by atoms with Crippen LogP contribution in [0.5, 0.6) is 5.75 Å². The highest BCUT2D eigenvalue weighted by Gasteiger charge is 2.11. The number of hydrogen-bond acceptors (Lipinski definition) is 4. The van der Waals surface area contributed by atoms with Crippen molar-refractivity contribution in [3.63, 3.8) is 0 Å². The smallest absolute Gasteiger partial charge is 0.336 e. The lowest BCUT2D eigenvalue weighted by molar-refractivity contribution is -0.118. The molecule has 0 aliphatic rings. The summed E-state index contributed by atoms with van der Waals surface area (Å²) >= 11 is 0. The second kappa shape index (κ2) is 8.16. The summed E-state index contributed by atoms with van der Waals surface area (Å²) in [5.74, 6) is -1.82. The van der Waals surface area contributed by atoms with E-state index in [1.165, 1.54) is 12.1 Å². The zero-order valence-corrected chi connectivity index (χ0v) is 15.5. The first kappa shape index (κ1) is 19.3. The first-order valence-electron chi connectivity index (χ1n) is 9.00. The zero-order valence-electron chi connectivity index (χ0n) is 15.5. The van der Waals surface area contributed by atoms with Crippen LogP contribution in [0.25, 0.3) is 22.1 Å². The van der Waals surface area contributed by atoms with E-state index in [1.54, 1.807) is 12.1 Å². The Morgan fingerprint density at radius 3 is 2.57 bits per heavy atom. The van der Waals surface area contributed by atoms with Crippen LogP contribution in [0.15, 0.2) is 82.0 Å². The van der Waals surface area contributed by atoms with Crippen LogP contribution in [0.1, 0.15) is 0 Å². The number of nitrogens with one attached hydrogen (secondary N) is 1. The van der Waals surface area contributed by atoms with Crippen molar-refractivity contribution in [3.05, 3.63) is 94.9 Å². The third-order valence-corrected chi connectivity index (χ3v) is 4.37. The van der Waals surface area contributed by atoms with Crippen molar-refractivity contribution in [1.29, 1.82) is 0 Å². The molecule has 1 aromatic heterocycles. The average Bonchev–Trinajstić information content (AvgIpc) is 2.74. The minimum absolute atomic E-state index is 0.277. The van der Waals surface area contributed by atoms with Gasteiger partial charge in [0.1, 0.15) is 23.0 Å². The van der Waals surface area contributed by atoms with Gasteiger partial charge in [0, 0.05) is 23.6 Å². The second-order valence-electron chi connectivity index (χ2n) is 6.46. The van der Waals surface area contributed by atoms with Gasteiger partial charge in [-0.05, 0) is 35.4 Å². The lowest BCUT2D eigenvalue weighted by atomic mass is 10.0. The van der Waals surface area contributed by atoms with Crippen LogP contribution in [-0.2, 0) is 4.79 Å². The molecule has 0 saturated carbocycles. The molecule has 0 aliphatic heterocycles. The van der Waals surface area contributed by atoms with E-state index in [4.69, 9.17) is 9.15 Å². The summed E-state index contributed by atoms with van der Waals surface area (Å²) in [6.45, 7) is -0.440. The van der Waals surface area contributed by atoms with Gasteiger partial charge in [-0.1, -0.05) is 30.3 Å². The molecule has 0 radical (unpaired) electrons. The summed E-state index contributed by atoms with van der Waals surface area (Å²) in [4.78, 5) is 24.0. The van der Waals surface area contributed by atoms with E-state index < -0.39 is 29.8 Å². The molecule has 4 rings (SSSR count). The number of ether oxygens (including phenoxy) is 1. The predicted molar refractivity (Wildman–Crippen MR) is 108 cm³/mol. The fourth-order valence-electron chi connectivity index (χ4n) is 3.02. The number of amides is 1. The Labute approximate surface area is 169 Å². The normalized spacial score (nSPS) is 10.7. The molecule has 0 aliphatic carbocycles. The monoisotopic (exact) mass is 407 g/mol. The van der Waals surface area contributed by atoms with Gasteiger partial charge < -0.3 is 14.5 Å². The van der Waals surface area contributed by atoms with Crippen LogP contribution < -0.4 is 15.7 Å². The van der Waals surface area contributed by atoms with Crippen molar-refractivity contribution in [2.24, 2.45) is 0 Å². The topological polar surface area (TPSA) is 68.5 Å². The molecule has 1 N–H and O–H groups in total. The van der Waals surface area contributed by atoms with Gasteiger partial charge in [0.15, 0.2) is 6.61 Å². The minimum Gasteiger partial charge on any atom is -0.484 e. The molecule has 0 bridgehead atoms. The number of carbonyl (C=O) groups is 1. The van der Waals surface area contributed by atoms with Gasteiger partial charge >= 0.3 is 5.63 Å². The number of rotatable bonds is 5. The van der Waals surface area contributed by atoms with E-state index in [-0.39, 0.29) is 11.4 Å². The lowest BCUT2D eigenvalue weighted by Crippen LogP contribution is -2.20. The molecule has 0 unspecified atom stereocenters. The van der Waals surface area contributed by atoms with Crippen LogP contribution in [0.4, 0.5) is 14.5 Å². The summed E-state index contributed by atoms with van der Waals surface area (Å²) in [7, 11) is 0. The first-order valence-corrected chi connectivity index (χ1v) is 9.00. The summed E-state index contributed by atoms with van der Waals surface area (Å²) in [6, 6.07) is 18.4. The van der Waals surface area contributed by atoms with E-state index >= 15 is 0 Å². The lowest BCUT2D eigenvalue weighted by Gasteiger charge is -2.10. The van der Waals surface area contributed by atoms with Crippen molar-refractivity contribution in [1.82, 2.24) is 0 Å². The van der Waals surface area contributed by atoms with Crippen molar-refractivity contribution in [2.75, 3.05) is 11.9 Å². The zero-order chi connectivity index (χ0) is 21.1. The van der Waals surface area contributed by atoms with Crippen molar-refractivity contribution in [2.45, 2.75) is 0 Å². The molecule has 5 nitrogen and oxygen atoms in total.